The molecule has 2 aromatic rings. The molecule has 1 atom stereocenters. The highest BCUT2D eigenvalue weighted by Gasteiger charge is 2.21. The van der Waals surface area contributed by atoms with Crippen LogP contribution in [0.2, 0.25) is 0 Å². The highest BCUT2D eigenvalue weighted by Crippen LogP contribution is 2.29. The van der Waals surface area contributed by atoms with E-state index in [4.69, 9.17) is 9.72 Å². The third-order valence-electron chi connectivity index (χ3n) is 5.75. The third-order valence-corrected chi connectivity index (χ3v) is 6.61. The molecule has 1 amide bonds. The van der Waals surface area contributed by atoms with E-state index in [1.54, 1.807) is 11.3 Å². The maximum Gasteiger partial charge on any atom is 0.233 e. The maximum absolute atomic E-state index is 13.3. The highest BCUT2D eigenvalue weighted by atomic mass is 32.1. The summed E-state index contributed by atoms with van der Waals surface area (Å²) in [4.78, 5) is 22.4. The van der Waals surface area contributed by atoms with Crippen LogP contribution in [0.15, 0.2) is 53.9 Å². The van der Waals surface area contributed by atoms with Gasteiger partial charge in [-0.25, -0.2) is 4.98 Å². The Kier molecular flexibility index (Phi) is 9.21. The van der Waals surface area contributed by atoms with Crippen LogP contribution >= 0.6 is 11.3 Å². The largest absolute Gasteiger partial charge is 0.379 e. The van der Waals surface area contributed by atoms with E-state index in [1.165, 1.54) is 0 Å². The zero-order valence-electron chi connectivity index (χ0n) is 18.2. The first-order valence-corrected chi connectivity index (χ1v) is 12.1. The first-order valence-electron chi connectivity index (χ1n) is 11.2. The van der Waals surface area contributed by atoms with Crippen LogP contribution < -0.4 is 4.90 Å². The summed E-state index contributed by atoms with van der Waals surface area (Å²) in [5.74, 6) is 0.630. The fourth-order valence-electron chi connectivity index (χ4n) is 4.00. The Bertz CT molecular complexity index is 916. The first-order chi connectivity index (χ1) is 15.2. The lowest BCUT2D eigenvalue weighted by molar-refractivity contribution is -0.118. The Morgan fingerprint density at radius 3 is 2.78 bits per heavy atom. The summed E-state index contributed by atoms with van der Waals surface area (Å²) >= 11 is 1.56. The highest BCUT2D eigenvalue weighted by molar-refractivity contribution is 7.14. The first kappa shape index (κ1) is 24.4. The molecule has 32 heavy (non-hydrogen) atoms. The summed E-state index contributed by atoms with van der Waals surface area (Å²) < 4.78 is 5.44. The van der Waals surface area contributed by atoms with Crippen LogP contribution in [-0.4, -0.2) is 55.2 Å². The average Bonchev–Trinajstić information content (AvgIpc) is 3.28. The molecule has 1 fully saturated rings. The minimum Gasteiger partial charge on any atom is -0.379 e. The van der Waals surface area contributed by atoms with Gasteiger partial charge in [0.15, 0.2) is 5.13 Å². The summed E-state index contributed by atoms with van der Waals surface area (Å²) in [5, 5.41) is 2.87. The molecule has 172 valence electrons. The van der Waals surface area contributed by atoms with Crippen LogP contribution in [0.3, 0.4) is 0 Å². The molecular weight excluding hydrogens is 418 g/mol. The quantitative estimate of drug-likeness (QED) is 0.561. The van der Waals surface area contributed by atoms with Gasteiger partial charge in [0.25, 0.3) is 0 Å². The molecule has 0 N–H and O–H groups in total. The molecule has 0 saturated carbocycles. The second kappa shape index (κ2) is 12.1. The molecule has 6 heteroatoms. The van der Waals surface area contributed by atoms with E-state index in [2.05, 4.69) is 35.4 Å². The molecule has 1 aliphatic heterocycles. The third kappa shape index (κ3) is 6.61. The summed E-state index contributed by atoms with van der Waals surface area (Å²) in [7, 11) is 0. The predicted octanol–water partition coefficient (Wildman–Crippen LogP) is 5.06. The summed E-state index contributed by atoms with van der Waals surface area (Å²) in [5.41, 5.74) is 3.16. The lowest BCUT2D eigenvalue weighted by atomic mass is 9.97. The monoisotopic (exact) mass is 453 g/mol. The van der Waals surface area contributed by atoms with Gasteiger partial charge in [0.1, 0.15) is 0 Å². The molecule has 1 aliphatic carbocycles. The second-order valence-electron chi connectivity index (χ2n) is 8.27. The number of hydrogen-bond donors (Lipinski definition) is 0. The summed E-state index contributed by atoms with van der Waals surface area (Å²) in [6.45, 7) is 7.42. The molecule has 5 nitrogen and oxygen atoms in total. The van der Waals surface area contributed by atoms with Gasteiger partial charge in [0, 0.05) is 31.6 Å². The minimum absolute atomic E-state index is 0. The maximum atomic E-state index is 13.3. The van der Waals surface area contributed by atoms with Gasteiger partial charge < -0.3 is 4.74 Å². The number of allylic oxidation sites excluding steroid dienone is 4. The topological polar surface area (TPSA) is 45.7 Å². The number of rotatable bonds is 8. The number of thiazole rings is 1. The summed E-state index contributed by atoms with van der Waals surface area (Å²) in [6.07, 6.45) is 9.02. The van der Waals surface area contributed by atoms with Gasteiger partial charge in [-0.1, -0.05) is 62.9 Å². The van der Waals surface area contributed by atoms with Crippen LogP contribution in [0.1, 0.15) is 38.4 Å². The Morgan fingerprint density at radius 2 is 2.03 bits per heavy atom. The van der Waals surface area contributed by atoms with Crippen molar-refractivity contribution in [3.8, 4) is 0 Å². The number of aromatic nitrogens is 1. The van der Waals surface area contributed by atoms with Crippen molar-refractivity contribution in [3.63, 3.8) is 0 Å². The van der Waals surface area contributed by atoms with E-state index in [9.17, 15) is 4.79 Å². The number of carbonyl (C=O) groups excluding carboxylic acids is 1. The number of morpholine rings is 1. The molecule has 4 rings (SSSR count). The molecular formula is C26H35N3O2S. The van der Waals surface area contributed by atoms with Gasteiger partial charge in [-0.05, 0) is 29.9 Å². The molecule has 1 aromatic carbocycles. The van der Waals surface area contributed by atoms with Gasteiger partial charge in [-0.15, -0.1) is 11.3 Å². The van der Waals surface area contributed by atoms with Crippen molar-refractivity contribution in [1.82, 2.24) is 9.88 Å². The normalized spacial score (nSPS) is 18.7. The zero-order valence-corrected chi connectivity index (χ0v) is 19.0. The smallest absolute Gasteiger partial charge is 0.233 e. The molecule has 2 aliphatic rings. The van der Waals surface area contributed by atoms with Crippen LogP contribution in [0.25, 0.3) is 5.57 Å². The number of nitrogens with zero attached hydrogens (tertiary/aromatic N) is 3. The van der Waals surface area contributed by atoms with Crippen molar-refractivity contribution in [1.29, 1.82) is 0 Å². The number of carbonyl (C=O) groups is 1. The van der Waals surface area contributed by atoms with E-state index in [0.717, 1.165) is 67.7 Å². The molecule has 1 saturated heterocycles. The lowest BCUT2D eigenvalue weighted by Crippen LogP contribution is -2.39. The molecule has 1 unspecified atom stereocenters. The Hall–Kier alpha value is -2.28. The average molecular weight is 454 g/mol. The number of benzene rings is 1. The number of anilines is 1. The van der Waals surface area contributed by atoms with Crippen molar-refractivity contribution in [2.75, 3.05) is 44.3 Å². The Morgan fingerprint density at radius 1 is 1.25 bits per heavy atom. The SMILES string of the molecule is C.CC1C=C(c2csc(N(CCCN3CCOCC3)C(=O)Cc3ccccc3)n2)C=CC1. The van der Waals surface area contributed by atoms with Crippen LogP contribution in [-0.2, 0) is 16.0 Å². The second-order valence-corrected chi connectivity index (χ2v) is 9.10. The number of hydrogen-bond acceptors (Lipinski definition) is 5. The van der Waals surface area contributed by atoms with Gasteiger partial charge in [-0.2, -0.15) is 0 Å². The van der Waals surface area contributed by atoms with Crippen LogP contribution in [0, 0.1) is 5.92 Å². The Balaban J connectivity index is 0.00000289. The van der Waals surface area contributed by atoms with Crippen LogP contribution in [0.4, 0.5) is 5.13 Å². The van der Waals surface area contributed by atoms with E-state index < -0.39 is 0 Å². The van der Waals surface area contributed by atoms with Crippen molar-refractivity contribution in [3.05, 3.63) is 65.2 Å². The van der Waals surface area contributed by atoms with E-state index in [0.29, 0.717) is 18.9 Å². The van der Waals surface area contributed by atoms with Crippen molar-refractivity contribution in [2.45, 2.75) is 33.6 Å². The summed E-state index contributed by atoms with van der Waals surface area (Å²) in [6, 6.07) is 9.96. The minimum atomic E-state index is 0. The van der Waals surface area contributed by atoms with Gasteiger partial charge >= 0.3 is 0 Å². The number of ether oxygens (including phenoxy) is 1. The molecule has 0 radical (unpaired) electrons. The van der Waals surface area contributed by atoms with E-state index in [-0.39, 0.29) is 13.3 Å². The molecule has 1 aromatic heterocycles. The van der Waals surface area contributed by atoms with Crippen molar-refractivity contribution < 1.29 is 9.53 Å². The zero-order chi connectivity index (χ0) is 21.5. The van der Waals surface area contributed by atoms with Crippen LogP contribution in [0.5, 0.6) is 0 Å². The van der Waals surface area contributed by atoms with Crippen molar-refractivity contribution in [2.24, 2.45) is 5.92 Å². The fourth-order valence-corrected chi connectivity index (χ4v) is 4.88. The van der Waals surface area contributed by atoms with Gasteiger partial charge in [0.05, 0.1) is 25.3 Å². The molecule has 0 bridgehead atoms. The van der Waals surface area contributed by atoms with Crippen molar-refractivity contribution >= 4 is 27.9 Å². The molecule has 0 spiro atoms. The number of amides is 1. The fraction of sp³-hybridized carbons (Fsp3) is 0.462. The van der Waals surface area contributed by atoms with E-state index in [1.807, 2.05) is 35.2 Å². The lowest BCUT2D eigenvalue weighted by Gasteiger charge is -2.27. The van der Waals surface area contributed by atoms with Gasteiger partial charge in [0.2, 0.25) is 5.91 Å². The Labute approximate surface area is 196 Å². The predicted molar refractivity (Wildman–Crippen MR) is 134 cm³/mol. The van der Waals surface area contributed by atoms with E-state index >= 15 is 0 Å². The van der Waals surface area contributed by atoms with Gasteiger partial charge in [-0.3, -0.25) is 14.6 Å². The molecule has 2 heterocycles. The standard InChI is InChI=1S/C25H31N3O2S.CH4/c1-20-7-5-10-22(17-20)23-19-31-25(26-23)28(12-6-11-27-13-15-30-16-14-27)24(29)18-21-8-3-2-4-9-21;/h2-5,8-10,17,19-20H,6-7,11-16,18H2,1H3;1H4.